The van der Waals surface area contributed by atoms with Crippen LogP contribution in [0.15, 0.2) is 46.6 Å². The van der Waals surface area contributed by atoms with E-state index in [1.54, 1.807) is 15.0 Å². The molecule has 0 spiro atoms. The van der Waals surface area contributed by atoms with Gasteiger partial charge in [0, 0.05) is 18.9 Å². The summed E-state index contributed by atoms with van der Waals surface area (Å²) in [6.45, 7) is -0.145. The fraction of sp³-hybridized carbons (Fsp3) is 0.294. The van der Waals surface area contributed by atoms with Crippen molar-refractivity contribution in [1.29, 1.82) is 0 Å². The lowest BCUT2D eigenvalue weighted by Crippen LogP contribution is -2.23. The molecule has 0 radical (unpaired) electrons. The van der Waals surface area contributed by atoms with Gasteiger partial charge in [0.05, 0.1) is 16.7 Å². The minimum Gasteiger partial charge on any atom is -0.277 e. The number of alkyl halides is 2. The van der Waals surface area contributed by atoms with Crippen LogP contribution in [0.3, 0.4) is 0 Å². The van der Waals surface area contributed by atoms with Crippen molar-refractivity contribution in [3.05, 3.63) is 52.8 Å². The second-order valence-electron chi connectivity index (χ2n) is 5.91. The molecule has 0 amide bonds. The van der Waals surface area contributed by atoms with Crippen LogP contribution in [0.5, 0.6) is 0 Å². The highest BCUT2D eigenvalue weighted by Crippen LogP contribution is 2.25. The van der Waals surface area contributed by atoms with Gasteiger partial charge in [-0.05, 0) is 18.6 Å². The zero-order valence-electron chi connectivity index (χ0n) is 14.4. The summed E-state index contributed by atoms with van der Waals surface area (Å²) in [5.74, 6) is 0.900. The van der Waals surface area contributed by atoms with Crippen LogP contribution in [0.2, 0.25) is 0 Å². The summed E-state index contributed by atoms with van der Waals surface area (Å²) < 4.78 is 30.2. The van der Waals surface area contributed by atoms with E-state index in [1.807, 2.05) is 25.1 Å². The molecule has 0 fully saturated rings. The Morgan fingerprint density at radius 3 is 2.81 bits per heavy atom. The van der Waals surface area contributed by atoms with Crippen molar-refractivity contribution >= 4 is 28.4 Å². The summed E-state index contributed by atoms with van der Waals surface area (Å²) in [5, 5.41) is 9.47. The van der Waals surface area contributed by atoms with Gasteiger partial charge in [0.25, 0.3) is 5.56 Å². The first-order valence-corrected chi connectivity index (χ1v) is 9.39. The third-order valence-corrected chi connectivity index (χ3v) is 5.14. The molecular weight excluding hydrogens is 374 g/mol. The quantitative estimate of drug-likeness (QED) is 0.472. The van der Waals surface area contributed by atoms with Crippen molar-refractivity contribution in [2.24, 2.45) is 0 Å². The van der Waals surface area contributed by atoms with E-state index in [0.29, 0.717) is 28.4 Å². The summed E-state index contributed by atoms with van der Waals surface area (Å²) in [6, 6.07) is 7.24. The van der Waals surface area contributed by atoms with Crippen molar-refractivity contribution in [2.45, 2.75) is 37.3 Å². The number of thioether (sulfide) groups is 1. The van der Waals surface area contributed by atoms with Gasteiger partial charge in [-0.3, -0.25) is 18.3 Å². The summed E-state index contributed by atoms with van der Waals surface area (Å²) in [5.41, 5.74) is 0.576. The maximum Gasteiger partial charge on any atom is 0.319 e. The van der Waals surface area contributed by atoms with E-state index < -0.39 is 6.55 Å². The lowest BCUT2D eigenvalue weighted by Gasteiger charge is -2.10. The predicted molar refractivity (Wildman–Crippen MR) is 98.1 cm³/mol. The molecule has 0 bridgehead atoms. The lowest BCUT2D eigenvalue weighted by molar-refractivity contribution is 0.0678. The molecule has 0 aliphatic rings. The number of benzene rings is 1. The summed E-state index contributed by atoms with van der Waals surface area (Å²) >= 11 is 1.25. The van der Waals surface area contributed by atoms with Gasteiger partial charge < -0.3 is 0 Å². The Labute approximate surface area is 156 Å². The lowest BCUT2D eigenvalue weighted by atomic mass is 10.2. The third-order valence-electron chi connectivity index (χ3n) is 4.21. The molecule has 10 heteroatoms. The number of halogens is 2. The maximum atomic E-state index is 13.0. The smallest absolute Gasteiger partial charge is 0.277 e. The minimum absolute atomic E-state index is 0.114. The van der Waals surface area contributed by atoms with Gasteiger partial charge >= 0.3 is 6.55 Å². The molecule has 0 atom stereocenters. The average Bonchev–Trinajstić information content (AvgIpc) is 3.30. The van der Waals surface area contributed by atoms with Gasteiger partial charge in [0.1, 0.15) is 5.82 Å². The first-order valence-electron chi connectivity index (χ1n) is 8.41. The normalized spacial score (nSPS) is 11.9. The van der Waals surface area contributed by atoms with E-state index in [2.05, 4.69) is 15.2 Å². The Morgan fingerprint density at radius 2 is 2.04 bits per heavy atom. The van der Waals surface area contributed by atoms with Crippen LogP contribution in [0.4, 0.5) is 8.78 Å². The van der Waals surface area contributed by atoms with Crippen LogP contribution in [0.1, 0.15) is 25.7 Å². The third kappa shape index (κ3) is 2.99. The molecule has 27 heavy (non-hydrogen) atoms. The number of aromatic nitrogens is 6. The number of hydrogen-bond donors (Lipinski definition) is 0. The highest BCUT2D eigenvalue weighted by molar-refractivity contribution is 7.98. The number of fused-ring (bicyclic) bond motifs is 3. The fourth-order valence-electron chi connectivity index (χ4n) is 3.01. The Morgan fingerprint density at radius 1 is 1.22 bits per heavy atom. The second-order valence-corrected chi connectivity index (χ2v) is 6.85. The predicted octanol–water partition coefficient (Wildman–Crippen LogP) is 3.34. The highest BCUT2D eigenvalue weighted by atomic mass is 32.2. The van der Waals surface area contributed by atoms with Gasteiger partial charge in [-0.25, -0.2) is 4.98 Å². The first kappa shape index (κ1) is 17.7. The summed E-state index contributed by atoms with van der Waals surface area (Å²) in [4.78, 5) is 16.8. The number of nitrogens with zero attached hydrogens (tertiary/aromatic N) is 6. The largest absolute Gasteiger partial charge is 0.319 e. The van der Waals surface area contributed by atoms with E-state index in [1.165, 1.54) is 24.2 Å². The monoisotopic (exact) mass is 390 g/mol. The number of aryl methyl sites for hydroxylation is 1. The van der Waals surface area contributed by atoms with Gasteiger partial charge in [-0.15, -0.1) is 10.2 Å². The van der Waals surface area contributed by atoms with Crippen LogP contribution in [-0.2, 0) is 12.3 Å². The summed E-state index contributed by atoms with van der Waals surface area (Å²) in [6.07, 6.45) is 3.37. The number of imidazole rings is 1. The van der Waals surface area contributed by atoms with E-state index in [9.17, 15) is 13.6 Å². The van der Waals surface area contributed by atoms with E-state index in [-0.39, 0.29) is 17.1 Å². The minimum atomic E-state index is -2.64. The Balaban J connectivity index is 1.82. The van der Waals surface area contributed by atoms with Crippen LogP contribution < -0.4 is 5.56 Å². The van der Waals surface area contributed by atoms with E-state index in [4.69, 9.17) is 0 Å². The van der Waals surface area contributed by atoms with E-state index >= 15 is 0 Å². The molecule has 3 aromatic heterocycles. The molecular formula is C17H16F2N6OS. The fourth-order valence-corrected chi connectivity index (χ4v) is 3.90. The summed E-state index contributed by atoms with van der Waals surface area (Å²) in [7, 11) is 0. The van der Waals surface area contributed by atoms with Crippen molar-refractivity contribution < 1.29 is 8.78 Å². The molecule has 0 saturated carbocycles. The molecule has 0 saturated heterocycles. The number of rotatable bonds is 6. The molecule has 0 N–H and O–H groups in total. The highest BCUT2D eigenvalue weighted by Gasteiger charge is 2.18. The zero-order chi connectivity index (χ0) is 19.0. The molecule has 3 heterocycles. The van der Waals surface area contributed by atoms with Crippen molar-refractivity contribution in [2.75, 3.05) is 0 Å². The molecule has 0 aliphatic carbocycles. The Kier molecular flexibility index (Phi) is 4.65. The first-order chi connectivity index (χ1) is 13.1. The molecule has 0 unspecified atom stereocenters. The topological polar surface area (TPSA) is 70.0 Å². The molecule has 140 valence electrons. The van der Waals surface area contributed by atoms with Crippen LogP contribution >= 0.6 is 11.8 Å². The van der Waals surface area contributed by atoms with Crippen LogP contribution in [0, 0.1) is 0 Å². The van der Waals surface area contributed by atoms with Crippen molar-refractivity contribution in [3.63, 3.8) is 0 Å². The van der Waals surface area contributed by atoms with E-state index in [0.717, 1.165) is 11.0 Å². The molecule has 4 aromatic rings. The van der Waals surface area contributed by atoms with Gasteiger partial charge in [0.15, 0.2) is 5.16 Å². The average molecular weight is 390 g/mol. The Bertz CT molecular complexity index is 1170. The molecule has 0 aliphatic heterocycles. The van der Waals surface area contributed by atoms with Gasteiger partial charge in [-0.1, -0.05) is 30.8 Å². The SMILES string of the molecule is CCCn1c(=O)c2ccccc2n2c(SCc3nccn3C(F)F)nnc12. The molecule has 7 nitrogen and oxygen atoms in total. The maximum absolute atomic E-state index is 13.0. The standard InChI is InChI=1S/C17H16F2N6OS/c1-2-8-24-14(26)11-5-3-4-6-12(11)25-16(24)21-22-17(25)27-10-13-20-7-9-23(13)15(18)19/h3-7,9,15H,2,8,10H2,1H3. The second kappa shape index (κ2) is 7.10. The molecule has 4 rings (SSSR count). The van der Waals surface area contributed by atoms with Gasteiger partial charge in [-0.2, -0.15) is 8.78 Å². The van der Waals surface area contributed by atoms with Crippen LogP contribution in [0.25, 0.3) is 16.7 Å². The van der Waals surface area contributed by atoms with Crippen molar-refractivity contribution in [1.82, 2.24) is 28.7 Å². The molecule has 1 aromatic carbocycles. The number of para-hydroxylation sites is 1. The zero-order valence-corrected chi connectivity index (χ0v) is 15.2. The Hall–Kier alpha value is -2.75. The van der Waals surface area contributed by atoms with Crippen molar-refractivity contribution in [3.8, 4) is 0 Å². The van der Waals surface area contributed by atoms with Gasteiger partial charge in [0.2, 0.25) is 5.78 Å². The van der Waals surface area contributed by atoms with Crippen LogP contribution in [-0.4, -0.2) is 28.7 Å². The number of hydrogen-bond acceptors (Lipinski definition) is 5.